The van der Waals surface area contributed by atoms with E-state index in [0.29, 0.717) is 12.5 Å². The van der Waals surface area contributed by atoms with Gasteiger partial charge in [0, 0.05) is 18.8 Å². The minimum Gasteiger partial charge on any atom is -0.334 e. The lowest BCUT2D eigenvalue weighted by Gasteiger charge is -2.32. The first kappa shape index (κ1) is 19.8. The van der Waals surface area contributed by atoms with E-state index in [1.807, 2.05) is 12.1 Å². The number of rotatable bonds is 4. The fourth-order valence-electron chi connectivity index (χ4n) is 4.59. The highest BCUT2D eigenvalue weighted by Crippen LogP contribution is 2.32. The number of amides is 2. The quantitative estimate of drug-likeness (QED) is 0.590. The zero-order valence-corrected chi connectivity index (χ0v) is 17.4. The Labute approximate surface area is 182 Å². The van der Waals surface area contributed by atoms with Crippen LogP contribution in [0.5, 0.6) is 0 Å². The average Bonchev–Trinajstić information content (AvgIpc) is 2.80. The maximum atomic E-state index is 13.1. The first-order valence-electron chi connectivity index (χ1n) is 10.9. The van der Waals surface area contributed by atoms with Gasteiger partial charge in [0.2, 0.25) is 0 Å². The highest BCUT2D eigenvalue weighted by Gasteiger charge is 2.22. The minimum atomic E-state index is -0.207. The first-order chi connectivity index (χ1) is 15.1. The molecule has 0 atom stereocenters. The molecule has 2 aliphatic rings. The van der Waals surface area contributed by atoms with Gasteiger partial charge in [-0.15, -0.1) is 0 Å². The third-order valence-corrected chi connectivity index (χ3v) is 6.42. The van der Waals surface area contributed by atoms with Crippen molar-refractivity contribution in [3.05, 3.63) is 89.2 Å². The number of nitrogens with zero attached hydrogens (tertiary/aromatic N) is 1. The second kappa shape index (κ2) is 8.52. The third-order valence-electron chi connectivity index (χ3n) is 6.42. The lowest BCUT2D eigenvalue weighted by molar-refractivity contribution is 0.204. The van der Waals surface area contributed by atoms with Crippen molar-refractivity contribution in [2.24, 2.45) is 0 Å². The number of fused-ring (bicyclic) bond motifs is 1. The molecule has 2 amide bonds. The smallest absolute Gasteiger partial charge is 0.319 e. The van der Waals surface area contributed by atoms with E-state index >= 15 is 0 Å². The number of carbonyl (C=O) groups excluding carboxylic acids is 1. The number of piperidine rings is 1. The Hall–Kier alpha value is -3.18. The molecule has 3 aromatic carbocycles. The SMILES string of the molecule is O=C1NCc2ccc(C3CCN(Cc4ccc(-c5ccc(F)cc5)cc4)CC3)cc2N1. The van der Waals surface area contributed by atoms with Gasteiger partial charge in [-0.3, -0.25) is 4.90 Å². The number of urea groups is 1. The van der Waals surface area contributed by atoms with E-state index < -0.39 is 0 Å². The van der Waals surface area contributed by atoms with Crippen LogP contribution in [0.15, 0.2) is 66.7 Å². The first-order valence-corrected chi connectivity index (χ1v) is 10.9. The van der Waals surface area contributed by atoms with E-state index in [2.05, 4.69) is 58.0 Å². The summed E-state index contributed by atoms with van der Waals surface area (Å²) in [5.74, 6) is 0.329. The summed E-state index contributed by atoms with van der Waals surface area (Å²) in [6, 6.07) is 21.6. The van der Waals surface area contributed by atoms with E-state index in [9.17, 15) is 9.18 Å². The summed E-state index contributed by atoms with van der Waals surface area (Å²) in [6.07, 6.45) is 2.25. The topological polar surface area (TPSA) is 44.4 Å². The molecule has 158 valence electrons. The molecule has 31 heavy (non-hydrogen) atoms. The number of benzene rings is 3. The van der Waals surface area contributed by atoms with Crippen LogP contribution in [0.2, 0.25) is 0 Å². The average molecular weight is 416 g/mol. The predicted molar refractivity (Wildman–Crippen MR) is 121 cm³/mol. The molecule has 4 nitrogen and oxygen atoms in total. The molecule has 0 radical (unpaired) electrons. The number of halogens is 1. The third kappa shape index (κ3) is 4.47. The molecule has 3 aromatic rings. The van der Waals surface area contributed by atoms with Crippen molar-refractivity contribution in [1.82, 2.24) is 10.2 Å². The monoisotopic (exact) mass is 415 g/mol. The Kier molecular flexibility index (Phi) is 5.43. The Morgan fingerprint density at radius 1 is 0.903 bits per heavy atom. The lowest BCUT2D eigenvalue weighted by Crippen LogP contribution is -2.34. The molecule has 0 aliphatic carbocycles. The van der Waals surface area contributed by atoms with Crippen LogP contribution in [0.4, 0.5) is 14.9 Å². The van der Waals surface area contributed by atoms with Gasteiger partial charge in [-0.1, -0.05) is 48.5 Å². The second-order valence-corrected chi connectivity index (χ2v) is 8.48. The van der Waals surface area contributed by atoms with Crippen LogP contribution in [0, 0.1) is 5.82 Å². The van der Waals surface area contributed by atoms with Gasteiger partial charge in [-0.2, -0.15) is 0 Å². The van der Waals surface area contributed by atoms with E-state index in [0.717, 1.165) is 54.9 Å². The highest BCUT2D eigenvalue weighted by molar-refractivity contribution is 5.92. The fraction of sp³-hybridized carbons (Fsp3) is 0.269. The highest BCUT2D eigenvalue weighted by atomic mass is 19.1. The molecule has 5 heteroatoms. The Balaban J connectivity index is 1.18. The maximum Gasteiger partial charge on any atom is 0.319 e. The molecule has 0 spiro atoms. The standard InChI is InChI=1S/C26H26FN3O/c27-24-9-7-20(8-10-24)19-3-1-18(2-4-19)17-30-13-11-21(12-14-30)22-5-6-23-16-28-26(31)29-25(23)15-22/h1-10,15,21H,11-14,16-17H2,(H2,28,29,31). The van der Waals surface area contributed by atoms with Gasteiger partial charge < -0.3 is 10.6 Å². The number of hydrogen-bond donors (Lipinski definition) is 2. The zero-order chi connectivity index (χ0) is 21.2. The molecule has 0 unspecified atom stereocenters. The zero-order valence-electron chi connectivity index (χ0n) is 17.4. The molecule has 0 saturated carbocycles. The van der Waals surface area contributed by atoms with Crippen LogP contribution in [0.25, 0.3) is 11.1 Å². The summed E-state index contributed by atoms with van der Waals surface area (Å²) in [6.45, 7) is 3.67. The van der Waals surface area contributed by atoms with Gasteiger partial charge in [0.15, 0.2) is 0 Å². The number of carbonyl (C=O) groups is 1. The minimum absolute atomic E-state index is 0.120. The molecule has 1 fully saturated rings. The number of hydrogen-bond acceptors (Lipinski definition) is 2. The van der Waals surface area contributed by atoms with Crippen LogP contribution in [-0.2, 0) is 13.1 Å². The fourth-order valence-corrected chi connectivity index (χ4v) is 4.59. The Morgan fingerprint density at radius 3 is 2.29 bits per heavy atom. The summed E-state index contributed by atoms with van der Waals surface area (Å²) < 4.78 is 13.1. The summed E-state index contributed by atoms with van der Waals surface area (Å²) in [5.41, 5.74) is 6.86. The van der Waals surface area contributed by atoms with Gasteiger partial charge in [0.05, 0.1) is 0 Å². The summed E-state index contributed by atoms with van der Waals surface area (Å²) in [7, 11) is 0. The number of anilines is 1. The predicted octanol–water partition coefficient (Wildman–Crippen LogP) is 5.51. The van der Waals surface area contributed by atoms with Crippen molar-refractivity contribution in [2.45, 2.75) is 31.8 Å². The Bertz CT molecular complexity index is 1070. The van der Waals surface area contributed by atoms with Gasteiger partial charge in [-0.25, -0.2) is 9.18 Å². The van der Waals surface area contributed by atoms with E-state index in [1.54, 1.807) is 0 Å². The van der Waals surface area contributed by atoms with E-state index in [4.69, 9.17) is 0 Å². The van der Waals surface area contributed by atoms with Crippen molar-refractivity contribution < 1.29 is 9.18 Å². The van der Waals surface area contributed by atoms with Crippen LogP contribution >= 0.6 is 0 Å². The normalized spacial score (nSPS) is 17.0. The largest absolute Gasteiger partial charge is 0.334 e. The van der Waals surface area contributed by atoms with E-state index in [-0.39, 0.29) is 11.8 Å². The number of likely N-dealkylation sites (tertiary alicyclic amines) is 1. The molecule has 2 aliphatic heterocycles. The van der Waals surface area contributed by atoms with Crippen LogP contribution in [-0.4, -0.2) is 24.0 Å². The molecule has 0 aromatic heterocycles. The molecular formula is C26H26FN3O. The van der Waals surface area contributed by atoms with Gasteiger partial charge in [-0.05, 0) is 77.9 Å². The van der Waals surface area contributed by atoms with Crippen molar-refractivity contribution >= 4 is 11.7 Å². The van der Waals surface area contributed by atoms with Gasteiger partial charge in [0.25, 0.3) is 0 Å². The maximum absolute atomic E-state index is 13.1. The van der Waals surface area contributed by atoms with Crippen LogP contribution in [0.3, 0.4) is 0 Å². The summed E-state index contributed by atoms with van der Waals surface area (Å²) in [5, 5.41) is 5.73. The number of nitrogens with one attached hydrogen (secondary N) is 2. The molecule has 2 heterocycles. The van der Waals surface area contributed by atoms with Crippen molar-refractivity contribution in [2.75, 3.05) is 18.4 Å². The molecular weight excluding hydrogens is 389 g/mol. The molecule has 5 rings (SSSR count). The van der Waals surface area contributed by atoms with E-state index in [1.165, 1.54) is 23.3 Å². The van der Waals surface area contributed by atoms with Crippen molar-refractivity contribution in [3.8, 4) is 11.1 Å². The van der Waals surface area contributed by atoms with Crippen LogP contribution in [0.1, 0.15) is 35.4 Å². The molecule has 1 saturated heterocycles. The van der Waals surface area contributed by atoms with Gasteiger partial charge in [0.1, 0.15) is 5.82 Å². The summed E-state index contributed by atoms with van der Waals surface area (Å²) >= 11 is 0. The molecule has 2 N–H and O–H groups in total. The molecule has 0 bridgehead atoms. The summed E-state index contributed by atoms with van der Waals surface area (Å²) in [4.78, 5) is 14.1. The Morgan fingerprint density at radius 2 is 1.58 bits per heavy atom. The van der Waals surface area contributed by atoms with Crippen molar-refractivity contribution in [3.63, 3.8) is 0 Å². The lowest BCUT2D eigenvalue weighted by atomic mass is 9.88. The second-order valence-electron chi connectivity index (χ2n) is 8.48. The van der Waals surface area contributed by atoms with Crippen LogP contribution < -0.4 is 10.6 Å². The van der Waals surface area contributed by atoms with Gasteiger partial charge >= 0.3 is 6.03 Å². The van der Waals surface area contributed by atoms with Crippen molar-refractivity contribution in [1.29, 1.82) is 0 Å².